The van der Waals surface area contributed by atoms with Crippen LogP contribution in [0.15, 0.2) is 60.7 Å². The molecule has 1 atom stereocenters. The number of rotatable bonds is 12. The largest absolute Gasteiger partial charge is 0.464 e. The van der Waals surface area contributed by atoms with E-state index in [1.54, 1.807) is 55.5 Å². The molecule has 0 aliphatic carbocycles. The van der Waals surface area contributed by atoms with Gasteiger partial charge in [0.2, 0.25) is 0 Å². The first kappa shape index (κ1) is 23.0. The van der Waals surface area contributed by atoms with E-state index in [0.717, 1.165) is 13.1 Å². The predicted octanol–water partition coefficient (Wildman–Crippen LogP) is 4.86. The number of hydrogen-bond donors (Lipinski definition) is 0. The van der Waals surface area contributed by atoms with Crippen LogP contribution >= 0.6 is 7.60 Å². The molecule has 0 radical (unpaired) electrons. The fraction of sp³-hybridized carbons (Fsp3) is 0.409. The third kappa shape index (κ3) is 7.92. The Morgan fingerprint density at radius 2 is 1.41 bits per heavy atom. The molecule has 0 aliphatic heterocycles. The quantitative estimate of drug-likeness (QED) is 0.362. The Labute approximate surface area is 173 Å². The summed E-state index contributed by atoms with van der Waals surface area (Å²) in [6, 6.07) is 17.6. The summed E-state index contributed by atoms with van der Waals surface area (Å²) < 4.78 is 30.3. The molecule has 0 fully saturated rings. The molecule has 0 amide bonds. The molecule has 6 nitrogen and oxygen atoms in total. The lowest BCUT2D eigenvalue weighted by atomic mass is 10.2. The van der Waals surface area contributed by atoms with E-state index < -0.39 is 19.5 Å². The van der Waals surface area contributed by atoms with E-state index >= 15 is 0 Å². The Hall–Kier alpha value is -2.30. The number of para-hydroxylation sites is 2. The summed E-state index contributed by atoms with van der Waals surface area (Å²) in [5.74, 6) is -0.196. The second-order valence-electron chi connectivity index (χ2n) is 6.70. The summed E-state index contributed by atoms with van der Waals surface area (Å²) in [4.78, 5) is 14.6. The van der Waals surface area contributed by atoms with Crippen LogP contribution in [-0.4, -0.2) is 43.3 Å². The molecule has 2 rings (SSSR count). The first-order chi connectivity index (χ1) is 14.0. The van der Waals surface area contributed by atoms with Gasteiger partial charge >= 0.3 is 13.6 Å². The van der Waals surface area contributed by atoms with Crippen LogP contribution in [0.25, 0.3) is 0 Å². The maximum absolute atomic E-state index is 13.5. The van der Waals surface area contributed by atoms with Gasteiger partial charge in [0.1, 0.15) is 18.1 Å². The summed E-state index contributed by atoms with van der Waals surface area (Å²) in [7, 11) is -3.65. The SMILES string of the molecule is CCN(CC)CCOC(=O)C(C)CP(=O)(Oc1ccccc1)Oc1ccccc1. The van der Waals surface area contributed by atoms with Crippen LogP contribution in [0, 0.1) is 5.92 Å². The topological polar surface area (TPSA) is 65.1 Å². The number of ether oxygens (including phenoxy) is 1. The lowest BCUT2D eigenvalue weighted by molar-refractivity contribution is -0.147. The van der Waals surface area contributed by atoms with Gasteiger partial charge in [-0.1, -0.05) is 57.2 Å². The molecule has 0 saturated heterocycles. The first-order valence-corrected chi connectivity index (χ1v) is 11.7. The summed E-state index contributed by atoms with van der Waals surface area (Å²) in [6.45, 7) is 8.56. The summed E-state index contributed by atoms with van der Waals surface area (Å²) in [5, 5.41) is 0. The van der Waals surface area contributed by atoms with Gasteiger partial charge in [0.25, 0.3) is 0 Å². The van der Waals surface area contributed by atoms with Crippen molar-refractivity contribution in [1.82, 2.24) is 4.90 Å². The Bertz CT molecular complexity index is 735. The zero-order valence-corrected chi connectivity index (χ0v) is 18.2. The Morgan fingerprint density at radius 3 is 1.86 bits per heavy atom. The van der Waals surface area contributed by atoms with Crippen LogP contribution in [0.2, 0.25) is 0 Å². The van der Waals surface area contributed by atoms with E-state index in [1.165, 1.54) is 0 Å². The lowest BCUT2D eigenvalue weighted by Crippen LogP contribution is -2.29. The predicted molar refractivity (Wildman–Crippen MR) is 115 cm³/mol. The van der Waals surface area contributed by atoms with E-state index in [2.05, 4.69) is 18.7 Å². The molecule has 158 valence electrons. The summed E-state index contributed by atoms with van der Waals surface area (Å²) in [6.07, 6.45) is -0.0824. The standard InChI is InChI=1S/C22H30NO5P/c1-4-23(5-2)16-17-26-22(24)19(3)18-29(25,27-20-12-8-6-9-13-20)28-21-14-10-7-11-15-21/h6-15,19H,4-5,16-18H2,1-3H3. The van der Waals surface area contributed by atoms with Crippen molar-refractivity contribution in [2.24, 2.45) is 5.92 Å². The van der Waals surface area contributed by atoms with E-state index in [9.17, 15) is 9.36 Å². The van der Waals surface area contributed by atoms with Gasteiger partial charge in [-0.15, -0.1) is 0 Å². The van der Waals surface area contributed by atoms with Crippen LogP contribution in [-0.2, 0) is 14.1 Å². The number of esters is 1. The molecule has 0 saturated carbocycles. The smallest absolute Gasteiger partial charge is 0.431 e. The van der Waals surface area contributed by atoms with Crippen LogP contribution < -0.4 is 9.05 Å². The van der Waals surface area contributed by atoms with Crippen molar-refractivity contribution in [3.63, 3.8) is 0 Å². The molecule has 0 N–H and O–H groups in total. The molecule has 0 aromatic heterocycles. The molecular weight excluding hydrogens is 389 g/mol. The molecule has 0 aliphatic rings. The van der Waals surface area contributed by atoms with Crippen molar-refractivity contribution in [2.75, 3.05) is 32.4 Å². The number of nitrogens with zero attached hydrogens (tertiary/aromatic N) is 1. The van der Waals surface area contributed by atoms with Gasteiger partial charge in [0, 0.05) is 6.54 Å². The number of hydrogen-bond acceptors (Lipinski definition) is 6. The maximum atomic E-state index is 13.5. The van der Waals surface area contributed by atoms with Crippen molar-refractivity contribution < 1.29 is 23.1 Å². The Kier molecular flexibility index (Phi) is 9.23. The van der Waals surface area contributed by atoms with Crippen molar-refractivity contribution in [3.05, 3.63) is 60.7 Å². The van der Waals surface area contributed by atoms with Crippen LogP contribution in [0.3, 0.4) is 0 Å². The minimum atomic E-state index is -3.65. The van der Waals surface area contributed by atoms with Crippen molar-refractivity contribution in [3.8, 4) is 11.5 Å². The molecule has 0 spiro atoms. The second-order valence-corrected chi connectivity index (χ2v) is 8.65. The van der Waals surface area contributed by atoms with Gasteiger partial charge in [-0.25, -0.2) is 4.57 Å². The summed E-state index contributed by atoms with van der Waals surface area (Å²) >= 11 is 0. The average molecular weight is 419 g/mol. The third-order valence-electron chi connectivity index (χ3n) is 4.42. The van der Waals surface area contributed by atoms with Gasteiger partial charge < -0.3 is 18.7 Å². The van der Waals surface area contributed by atoms with Crippen molar-refractivity contribution >= 4 is 13.6 Å². The number of benzene rings is 2. The number of carbonyl (C=O) groups excluding carboxylic acids is 1. The molecule has 29 heavy (non-hydrogen) atoms. The number of likely N-dealkylation sites (N-methyl/N-ethyl adjacent to an activating group) is 1. The zero-order chi connectivity index (χ0) is 21.1. The van der Waals surface area contributed by atoms with Crippen LogP contribution in [0.4, 0.5) is 0 Å². The maximum Gasteiger partial charge on any atom is 0.431 e. The Balaban J connectivity index is 2.04. The molecule has 0 heterocycles. The minimum Gasteiger partial charge on any atom is -0.464 e. The molecular formula is C22H30NO5P. The fourth-order valence-corrected chi connectivity index (χ4v) is 4.64. The van der Waals surface area contributed by atoms with Gasteiger partial charge in [0.05, 0.1) is 12.1 Å². The molecule has 7 heteroatoms. The van der Waals surface area contributed by atoms with E-state index in [0.29, 0.717) is 24.7 Å². The van der Waals surface area contributed by atoms with E-state index in [1.807, 2.05) is 12.1 Å². The number of carbonyl (C=O) groups is 1. The lowest BCUT2D eigenvalue weighted by Gasteiger charge is -2.23. The van der Waals surface area contributed by atoms with Gasteiger partial charge in [0.15, 0.2) is 0 Å². The normalized spacial score (nSPS) is 12.4. The zero-order valence-electron chi connectivity index (χ0n) is 17.3. The van der Waals surface area contributed by atoms with E-state index in [4.69, 9.17) is 13.8 Å². The fourth-order valence-electron chi connectivity index (χ4n) is 2.74. The average Bonchev–Trinajstić information content (AvgIpc) is 2.72. The monoisotopic (exact) mass is 419 g/mol. The molecule has 0 bridgehead atoms. The molecule has 2 aromatic rings. The Morgan fingerprint density at radius 1 is 0.931 bits per heavy atom. The van der Waals surface area contributed by atoms with Crippen LogP contribution in [0.5, 0.6) is 11.5 Å². The highest BCUT2D eigenvalue weighted by molar-refractivity contribution is 7.54. The van der Waals surface area contributed by atoms with Gasteiger partial charge in [-0.3, -0.25) is 4.79 Å². The second kappa shape index (κ2) is 11.6. The molecule has 1 unspecified atom stereocenters. The minimum absolute atomic E-state index is 0.0824. The molecule has 2 aromatic carbocycles. The highest BCUT2D eigenvalue weighted by Crippen LogP contribution is 2.50. The van der Waals surface area contributed by atoms with Gasteiger partial charge in [-0.2, -0.15) is 0 Å². The highest BCUT2D eigenvalue weighted by atomic mass is 31.2. The van der Waals surface area contributed by atoms with Crippen LogP contribution in [0.1, 0.15) is 20.8 Å². The first-order valence-electron chi connectivity index (χ1n) is 9.93. The third-order valence-corrected chi connectivity index (χ3v) is 6.39. The van der Waals surface area contributed by atoms with Gasteiger partial charge in [-0.05, 0) is 37.4 Å². The highest BCUT2D eigenvalue weighted by Gasteiger charge is 2.34. The summed E-state index contributed by atoms with van der Waals surface area (Å²) in [5.41, 5.74) is 0. The van der Waals surface area contributed by atoms with Crippen molar-refractivity contribution in [1.29, 1.82) is 0 Å². The van der Waals surface area contributed by atoms with Crippen molar-refractivity contribution in [2.45, 2.75) is 20.8 Å². The van der Waals surface area contributed by atoms with E-state index in [-0.39, 0.29) is 6.16 Å².